The summed E-state index contributed by atoms with van der Waals surface area (Å²) in [6.45, 7) is 4.46. The van der Waals surface area contributed by atoms with Gasteiger partial charge in [-0.15, -0.1) is 0 Å². The van der Waals surface area contributed by atoms with Crippen LogP contribution in [-0.2, 0) is 5.41 Å². The van der Waals surface area contributed by atoms with Crippen molar-refractivity contribution < 1.29 is 5.11 Å². The van der Waals surface area contributed by atoms with E-state index in [9.17, 15) is 5.11 Å². The lowest BCUT2D eigenvalue weighted by Gasteiger charge is -2.21. The van der Waals surface area contributed by atoms with Gasteiger partial charge in [0.15, 0.2) is 0 Å². The van der Waals surface area contributed by atoms with Gasteiger partial charge in [0.25, 0.3) is 0 Å². The third kappa shape index (κ3) is 2.92. The van der Waals surface area contributed by atoms with E-state index in [0.717, 1.165) is 18.4 Å². The Morgan fingerprint density at radius 2 is 1.74 bits per heavy atom. The first-order chi connectivity index (χ1) is 10.8. The van der Waals surface area contributed by atoms with Gasteiger partial charge in [-0.2, -0.15) is 0 Å². The van der Waals surface area contributed by atoms with Crippen molar-refractivity contribution in [2.75, 3.05) is 11.9 Å². The Labute approximate surface area is 164 Å². The molecule has 1 heterocycles. The molecule has 2 nitrogen and oxygen atoms in total. The van der Waals surface area contributed by atoms with Crippen molar-refractivity contribution in [1.82, 2.24) is 0 Å². The molecule has 0 spiro atoms. The van der Waals surface area contributed by atoms with Crippen molar-refractivity contribution >= 4 is 56.9 Å². The minimum absolute atomic E-state index is 0.0704. The van der Waals surface area contributed by atoms with E-state index in [-0.39, 0.29) is 5.41 Å². The number of anilines is 1. The van der Waals surface area contributed by atoms with Crippen molar-refractivity contribution in [3.63, 3.8) is 0 Å². The summed E-state index contributed by atoms with van der Waals surface area (Å²) in [5, 5.41) is 9.89. The second kappa shape index (κ2) is 6.15. The van der Waals surface area contributed by atoms with Crippen molar-refractivity contribution in [2.45, 2.75) is 19.3 Å². The van der Waals surface area contributed by atoms with Crippen LogP contribution < -0.4 is 4.90 Å². The fourth-order valence-corrected chi connectivity index (χ4v) is 4.88. The van der Waals surface area contributed by atoms with Crippen LogP contribution in [0.3, 0.4) is 0 Å². The Morgan fingerprint density at radius 3 is 2.35 bits per heavy atom. The van der Waals surface area contributed by atoms with Gasteiger partial charge in [-0.3, -0.25) is 0 Å². The Hall–Kier alpha value is -0.980. The lowest BCUT2D eigenvalue weighted by atomic mass is 9.84. The first-order valence-electron chi connectivity index (χ1n) is 7.31. The molecule has 0 fully saturated rings. The topological polar surface area (TPSA) is 23.5 Å². The van der Waals surface area contributed by atoms with Crippen molar-refractivity contribution in [3.05, 3.63) is 66.1 Å². The van der Waals surface area contributed by atoms with E-state index in [1.807, 2.05) is 18.2 Å². The Kier molecular flexibility index (Phi) is 4.51. The van der Waals surface area contributed by atoms with Crippen LogP contribution in [0.1, 0.15) is 25.0 Å². The number of aromatic hydroxyl groups is 1. The lowest BCUT2D eigenvalue weighted by Crippen LogP contribution is -2.22. The van der Waals surface area contributed by atoms with Crippen LogP contribution in [0.15, 0.2) is 47.8 Å². The van der Waals surface area contributed by atoms with Gasteiger partial charge >= 0.3 is 0 Å². The summed E-state index contributed by atoms with van der Waals surface area (Å²) in [6, 6.07) is 12.4. The molecular formula is C19H17I2NO. The number of hydrogen-bond acceptors (Lipinski definition) is 2. The van der Waals surface area contributed by atoms with E-state index < -0.39 is 0 Å². The second-order valence-electron chi connectivity index (χ2n) is 6.17. The minimum Gasteiger partial charge on any atom is -0.506 e. The molecule has 0 saturated carbocycles. The predicted octanol–water partition coefficient (Wildman–Crippen LogP) is 5.53. The number of para-hydroxylation sites is 1. The van der Waals surface area contributed by atoms with E-state index in [1.54, 1.807) is 0 Å². The molecule has 3 rings (SSSR count). The van der Waals surface area contributed by atoms with Crippen LogP contribution in [0, 0.1) is 7.14 Å². The molecule has 0 radical (unpaired) electrons. The summed E-state index contributed by atoms with van der Waals surface area (Å²) in [5.74, 6) is 0.349. The molecule has 0 aliphatic carbocycles. The quantitative estimate of drug-likeness (QED) is 0.389. The van der Waals surface area contributed by atoms with Crippen molar-refractivity contribution in [2.24, 2.45) is 0 Å². The van der Waals surface area contributed by atoms with Gasteiger partial charge in [-0.25, -0.2) is 0 Å². The average molecular weight is 529 g/mol. The highest BCUT2D eigenvalue weighted by atomic mass is 127. The number of allylic oxidation sites excluding steroid dienone is 1. The number of fused-ring (bicyclic) bond motifs is 1. The molecule has 0 amide bonds. The summed E-state index contributed by atoms with van der Waals surface area (Å²) in [7, 11) is 2.09. The van der Waals surface area contributed by atoms with Crippen LogP contribution in [0.5, 0.6) is 5.75 Å². The standard InChI is InChI=1S/C19H17I2NO/c1-19(2)13-6-4-5-7-16(13)22(3)17(19)9-8-12-10-14(20)18(23)15(21)11-12/h4-8,10-11,23H,1-3H3. The maximum atomic E-state index is 9.89. The van der Waals surface area contributed by atoms with Gasteiger partial charge in [0.2, 0.25) is 0 Å². The van der Waals surface area contributed by atoms with E-state index >= 15 is 0 Å². The number of nitrogens with zero attached hydrogens (tertiary/aromatic N) is 1. The molecule has 1 aliphatic rings. The third-order valence-corrected chi connectivity index (χ3v) is 5.93. The Morgan fingerprint density at radius 1 is 1.13 bits per heavy atom. The van der Waals surface area contributed by atoms with Gasteiger partial charge in [0.05, 0.1) is 12.8 Å². The van der Waals surface area contributed by atoms with Crippen LogP contribution in [0.4, 0.5) is 5.69 Å². The first kappa shape index (κ1) is 16.9. The summed E-state index contributed by atoms with van der Waals surface area (Å²) in [5.41, 5.74) is 8.18. The van der Waals surface area contributed by atoms with Crippen LogP contribution in [0.25, 0.3) is 6.08 Å². The monoisotopic (exact) mass is 529 g/mol. The zero-order valence-corrected chi connectivity index (χ0v) is 17.5. The third-order valence-electron chi connectivity index (χ3n) is 4.28. The molecule has 1 aliphatic heterocycles. The number of halogens is 2. The van der Waals surface area contributed by atoms with E-state index in [4.69, 9.17) is 0 Å². The molecule has 118 valence electrons. The van der Waals surface area contributed by atoms with E-state index in [1.165, 1.54) is 11.3 Å². The van der Waals surface area contributed by atoms with Gasteiger partial charge < -0.3 is 10.0 Å². The average Bonchev–Trinajstić information content (AvgIpc) is 2.70. The highest BCUT2D eigenvalue weighted by Gasteiger charge is 2.38. The fourth-order valence-electron chi connectivity index (χ4n) is 3.06. The number of rotatable bonds is 1. The lowest BCUT2D eigenvalue weighted by molar-refractivity contribution is 0.467. The molecule has 0 bridgehead atoms. The van der Waals surface area contributed by atoms with Crippen LogP contribution in [0.2, 0.25) is 0 Å². The minimum atomic E-state index is -0.0704. The second-order valence-corrected chi connectivity index (χ2v) is 8.50. The number of benzene rings is 2. The maximum Gasteiger partial charge on any atom is 0.142 e. The Balaban J connectivity index is 2.10. The largest absolute Gasteiger partial charge is 0.506 e. The van der Waals surface area contributed by atoms with E-state index in [0.29, 0.717) is 5.75 Å². The highest BCUT2D eigenvalue weighted by molar-refractivity contribution is 14.1. The van der Waals surface area contributed by atoms with Crippen molar-refractivity contribution in [3.8, 4) is 5.75 Å². The molecule has 0 unspecified atom stereocenters. The molecule has 0 saturated heterocycles. The number of phenolic OH excluding ortho intramolecular Hbond substituents is 1. The summed E-state index contributed by atoms with van der Waals surface area (Å²) < 4.78 is 1.71. The molecule has 23 heavy (non-hydrogen) atoms. The highest BCUT2D eigenvalue weighted by Crippen LogP contribution is 2.46. The molecular weight excluding hydrogens is 512 g/mol. The molecule has 1 N–H and O–H groups in total. The van der Waals surface area contributed by atoms with Gasteiger partial charge in [0.1, 0.15) is 5.75 Å². The fraction of sp³-hybridized carbons (Fsp3) is 0.211. The maximum absolute atomic E-state index is 9.89. The number of phenols is 1. The normalized spacial score (nSPS) is 15.3. The first-order valence-corrected chi connectivity index (χ1v) is 9.46. The summed E-state index contributed by atoms with van der Waals surface area (Å²) >= 11 is 4.31. The molecule has 4 heteroatoms. The van der Waals surface area contributed by atoms with Gasteiger partial charge in [0, 0.05) is 18.2 Å². The van der Waals surface area contributed by atoms with Gasteiger partial charge in [-0.1, -0.05) is 23.9 Å². The van der Waals surface area contributed by atoms with E-state index in [2.05, 4.69) is 101 Å². The number of likely N-dealkylation sites (N-methyl/N-ethyl adjacent to an activating group) is 1. The summed E-state index contributed by atoms with van der Waals surface area (Å²) in [6.07, 6.45) is 2.00. The molecule has 0 atom stereocenters. The Bertz CT molecular complexity index is 825. The molecule has 2 aromatic rings. The van der Waals surface area contributed by atoms with Crippen LogP contribution >= 0.6 is 45.2 Å². The predicted molar refractivity (Wildman–Crippen MR) is 113 cm³/mol. The smallest absolute Gasteiger partial charge is 0.142 e. The zero-order chi connectivity index (χ0) is 16.8. The molecule has 0 aromatic heterocycles. The van der Waals surface area contributed by atoms with Crippen LogP contribution in [-0.4, -0.2) is 12.2 Å². The van der Waals surface area contributed by atoms with Crippen molar-refractivity contribution in [1.29, 1.82) is 0 Å². The number of hydrogen-bond donors (Lipinski definition) is 1. The summed E-state index contributed by atoms with van der Waals surface area (Å²) in [4.78, 5) is 2.21. The molecule has 2 aromatic carbocycles. The zero-order valence-electron chi connectivity index (χ0n) is 13.2. The van der Waals surface area contributed by atoms with Gasteiger partial charge in [-0.05, 0) is 94.4 Å². The SMILES string of the molecule is CN1C(=C=Cc2cc(I)c(O)c(I)c2)C(C)(C)c2ccccc21.